The van der Waals surface area contributed by atoms with Gasteiger partial charge in [0.15, 0.2) is 8.32 Å². The molecule has 1 atom stereocenters. The topological polar surface area (TPSA) is 87.9 Å². The summed E-state index contributed by atoms with van der Waals surface area (Å²) in [5, 5.41) is 0. The van der Waals surface area contributed by atoms with Crippen LogP contribution in [-0.4, -0.2) is 40.2 Å². The number of carbonyl (C=O) groups excluding carboxylic acids is 2. The molecule has 6 nitrogen and oxygen atoms in total. The first kappa shape index (κ1) is 17.1. The zero-order valence-electron chi connectivity index (χ0n) is 11.5. The van der Waals surface area contributed by atoms with Gasteiger partial charge in [0, 0.05) is 6.61 Å². The van der Waals surface area contributed by atoms with E-state index in [2.05, 4.69) is 24.4 Å². The Morgan fingerprint density at radius 2 is 1.83 bits per heavy atom. The van der Waals surface area contributed by atoms with Crippen LogP contribution in [0.3, 0.4) is 0 Å². The van der Waals surface area contributed by atoms with E-state index in [1.54, 1.807) is 6.92 Å². The maximum Gasteiger partial charge on any atom is 0.322 e. The fourth-order valence-corrected chi connectivity index (χ4v) is 1.74. The van der Waals surface area contributed by atoms with Crippen LogP contribution in [0.15, 0.2) is 0 Å². The van der Waals surface area contributed by atoms with Gasteiger partial charge < -0.3 is 19.6 Å². The lowest BCUT2D eigenvalue weighted by Crippen LogP contribution is -2.28. The van der Waals surface area contributed by atoms with Gasteiger partial charge in [0.1, 0.15) is 0 Å². The van der Waals surface area contributed by atoms with E-state index in [1.807, 2.05) is 0 Å². The highest BCUT2D eigenvalue weighted by Gasteiger charge is 2.18. The van der Waals surface area contributed by atoms with Crippen LogP contribution >= 0.6 is 0 Å². The van der Waals surface area contributed by atoms with E-state index in [0.29, 0.717) is 13.0 Å². The van der Waals surface area contributed by atoms with Crippen LogP contribution in [0, 0.1) is 5.92 Å². The van der Waals surface area contributed by atoms with Crippen molar-refractivity contribution in [3.63, 3.8) is 0 Å². The van der Waals surface area contributed by atoms with Gasteiger partial charge in [0.05, 0.1) is 12.5 Å². The maximum absolute atomic E-state index is 11.5. The van der Waals surface area contributed by atoms with Gasteiger partial charge in [-0.2, -0.15) is 0 Å². The number of nitrogens with two attached hydrogens (primary N) is 1. The van der Waals surface area contributed by atoms with Gasteiger partial charge in [0.2, 0.25) is 6.79 Å². The monoisotopic (exact) mass is 277 g/mol. The van der Waals surface area contributed by atoms with Crippen molar-refractivity contribution < 1.29 is 23.5 Å². The molecule has 18 heavy (non-hydrogen) atoms. The maximum atomic E-state index is 11.5. The molecule has 0 radical (unpaired) electrons. The summed E-state index contributed by atoms with van der Waals surface area (Å²) >= 11 is 0. The molecule has 0 aromatic carbocycles. The summed E-state index contributed by atoms with van der Waals surface area (Å²) in [5.41, 5.74) is 5.03. The average Bonchev–Trinajstić information content (AvgIpc) is 2.26. The fourth-order valence-electron chi connectivity index (χ4n) is 1.01. The van der Waals surface area contributed by atoms with Gasteiger partial charge in [-0.1, -0.05) is 6.92 Å². The highest BCUT2D eigenvalue weighted by atomic mass is 28.4. The first-order valence-electron chi connectivity index (χ1n) is 5.92. The molecule has 0 bridgehead atoms. The molecule has 0 saturated carbocycles. The molecule has 0 fully saturated rings. The van der Waals surface area contributed by atoms with Crippen molar-refractivity contribution in [1.82, 2.24) is 0 Å². The molecule has 1 unspecified atom stereocenters. The average molecular weight is 277 g/mol. The number of carbonyl (C=O) groups is 2. The normalized spacial score (nSPS) is 12.9. The molecule has 0 aromatic rings. The molecule has 0 aliphatic carbocycles. The van der Waals surface area contributed by atoms with E-state index in [-0.39, 0.29) is 19.3 Å². The number of rotatable bonds is 8. The Bertz CT molecular complexity index is 277. The Morgan fingerprint density at radius 3 is 2.33 bits per heavy atom. The molecular formula is C11H23NO5Si. The number of hydrogen-bond donors (Lipinski definition) is 1. The van der Waals surface area contributed by atoms with Crippen molar-refractivity contribution in [2.24, 2.45) is 11.7 Å². The zero-order chi connectivity index (χ0) is 14.2. The molecule has 0 aromatic heterocycles. The highest BCUT2D eigenvalue weighted by molar-refractivity contribution is 6.69. The molecule has 0 heterocycles. The lowest BCUT2D eigenvalue weighted by atomic mass is 10.1. The second kappa shape index (κ2) is 8.23. The third kappa shape index (κ3) is 9.14. The summed E-state index contributed by atoms with van der Waals surface area (Å²) in [7, 11) is -1.54. The zero-order valence-corrected chi connectivity index (χ0v) is 12.5. The second-order valence-corrected chi connectivity index (χ2v) is 9.47. The molecule has 0 saturated heterocycles. The van der Waals surface area contributed by atoms with E-state index in [1.165, 1.54) is 0 Å². The summed E-state index contributed by atoms with van der Waals surface area (Å²) in [5.74, 6) is -1.28. The van der Waals surface area contributed by atoms with Crippen molar-refractivity contribution in [2.45, 2.75) is 33.0 Å². The smallest absolute Gasteiger partial charge is 0.322 e. The lowest BCUT2D eigenvalue weighted by Gasteiger charge is -2.18. The molecule has 0 spiro atoms. The predicted molar refractivity (Wildman–Crippen MR) is 69.2 cm³/mol. The second-order valence-electron chi connectivity index (χ2n) is 4.95. The van der Waals surface area contributed by atoms with Crippen molar-refractivity contribution in [3.8, 4) is 0 Å². The largest absolute Gasteiger partial charge is 0.428 e. The van der Waals surface area contributed by atoms with Crippen LogP contribution in [0.25, 0.3) is 0 Å². The minimum Gasteiger partial charge on any atom is -0.428 e. The summed E-state index contributed by atoms with van der Waals surface area (Å²) in [4.78, 5) is 22.2. The van der Waals surface area contributed by atoms with Crippen molar-refractivity contribution in [1.29, 1.82) is 0 Å². The standard InChI is InChI=1S/C11H23NO5Si/c1-9(5-6-17-18(2,3)4)11(14)16-8-15-10(13)7-12/h9H,5-8,12H2,1-4H3. The molecule has 0 aliphatic rings. The number of esters is 2. The van der Waals surface area contributed by atoms with Gasteiger partial charge in [-0.05, 0) is 26.1 Å². The Morgan fingerprint density at radius 1 is 1.22 bits per heavy atom. The fraction of sp³-hybridized carbons (Fsp3) is 0.818. The molecule has 0 aliphatic heterocycles. The Labute approximate surface area is 109 Å². The third-order valence-corrected chi connectivity index (χ3v) is 3.15. The van der Waals surface area contributed by atoms with E-state index in [9.17, 15) is 9.59 Å². The molecule has 2 N–H and O–H groups in total. The summed E-state index contributed by atoms with van der Waals surface area (Å²) < 4.78 is 15.0. The Balaban J connectivity index is 3.73. The minimum atomic E-state index is -1.54. The first-order chi connectivity index (χ1) is 8.26. The molecule has 0 amide bonds. The van der Waals surface area contributed by atoms with Crippen molar-refractivity contribution >= 4 is 20.3 Å². The number of ether oxygens (including phenoxy) is 2. The van der Waals surface area contributed by atoms with E-state index >= 15 is 0 Å². The van der Waals surface area contributed by atoms with E-state index in [0.717, 1.165) is 0 Å². The highest BCUT2D eigenvalue weighted by Crippen LogP contribution is 2.09. The Hall–Kier alpha value is -0.923. The van der Waals surface area contributed by atoms with E-state index in [4.69, 9.17) is 14.9 Å². The van der Waals surface area contributed by atoms with Crippen LogP contribution < -0.4 is 5.73 Å². The minimum absolute atomic E-state index is 0.225. The van der Waals surface area contributed by atoms with Gasteiger partial charge >= 0.3 is 11.9 Å². The summed E-state index contributed by atoms with van der Waals surface area (Å²) in [6.07, 6.45) is 0.591. The predicted octanol–water partition coefficient (Wildman–Crippen LogP) is 0.867. The summed E-state index contributed by atoms with van der Waals surface area (Å²) in [6.45, 7) is 7.94. The van der Waals surface area contributed by atoms with Gasteiger partial charge in [-0.3, -0.25) is 9.59 Å². The van der Waals surface area contributed by atoms with Crippen LogP contribution in [0.5, 0.6) is 0 Å². The molecule has 0 rings (SSSR count). The lowest BCUT2D eigenvalue weighted by molar-refractivity contribution is -0.169. The first-order valence-corrected chi connectivity index (χ1v) is 9.33. The van der Waals surface area contributed by atoms with Gasteiger partial charge in [-0.25, -0.2) is 0 Å². The van der Waals surface area contributed by atoms with Gasteiger partial charge in [0.25, 0.3) is 0 Å². The van der Waals surface area contributed by atoms with Crippen LogP contribution in [-0.2, 0) is 23.5 Å². The number of hydrogen-bond acceptors (Lipinski definition) is 6. The van der Waals surface area contributed by atoms with Crippen LogP contribution in [0.1, 0.15) is 13.3 Å². The van der Waals surface area contributed by atoms with Crippen LogP contribution in [0.4, 0.5) is 0 Å². The van der Waals surface area contributed by atoms with Crippen molar-refractivity contribution in [2.75, 3.05) is 19.9 Å². The summed E-state index contributed by atoms with van der Waals surface area (Å²) in [6, 6.07) is 0. The molecular weight excluding hydrogens is 254 g/mol. The van der Waals surface area contributed by atoms with Gasteiger partial charge in [-0.15, -0.1) is 0 Å². The molecule has 106 valence electrons. The Kier molecular flexibility index (Phi) is 7.80. The molecule has 7 heteroatoms. The quantitative estimate of drug-likeness (QED) is 0.402. The van der Waals surface area contributed by atoms with Crippen molar-refractivity contribution in [3.05, 3.63) is 0 Å². The SMILES string of the molecule is CC(CCO[Si](C)(C)C)C(=O)OCOC(=O)CN. The van der Waals surface area contributed by atoms with E-state index < -0.39 is 20.3 Å². The van der Waals surface area contributed by atoms with Crippen LogP contribution in [0.2, 0.25) is 19.6 Å². The third-order valence-electron chi connectivity index (χ3n) is 2.08.